The highest BCUT2D eigenvalue weighted by Crippen LogP contribution is 2.34. The molecule has 160 valence electrons. The van der Waals surface area contributed by atoms with Gasteiger partial charge in [-0.2, -0.15) is 4.98 Å². The summed E-state index contributed by atoms with van der Waals surface area (Å²) in [6, 6.07) is 0. The van der Waals surface area contributed by atoms with Crippen LogP contribution in [0.25, 0.3) is 0 Å². The lowest BCUT2D eigenvalue weighted by atomic mass is 9.78. The molecule has 0 radical (unpaired) electrons. The van der Waals surface area contributed by atoms with Crippen molar-refractivity contribution >= 4 is 5.96 Å². The molecule has 2 rings (SSSR count). The summed E-state index contributed by atoms with van der Waals surface area (Å²) in [5.41, 5.74) is 0.144. The Morgan fingerprint density at radius 3 is 2.71 bits per heavy atom. The van der Waals surface area contributed by atoms with Gasteiger partial charge in [-0.25, -0.2) is 0 Å². The first-order chi connectivity index (χ1) is 13.3. The molecule has 28 heavy (non-hydrogen) atoms. The Bertz CT molecular complexity index is 606. The summed E-state index contributed by atoms with van der Waals surface area (Å²) in [7, 11) is 0. The van der Waals surface area contributed by atoms with Crippen LogP contribution in [-0.2, 0) is 11.2 Å². The van der Waals surface area contributed by atoms with E-state index in [-0.39, 0.29) is 11.5 Å². The number of guanidine groups is 1. The van der Waals surface area contributed by atoms with Crippen LogP contribution >= 0.6 is 0 Å². The number of aliphatic imine (C=N–C) groups is 1. The topological polar surface area (TPSA) is 84.6 Å². The van der Waals surface area contributed by atoms with E-state index in [1.54, 1.807) is 0 Å². The van der Waals surface area contributed by atoms with Gasteiger partial charge in [0.15, 0.2) is 11.8 Å². The van der Waals surface area contributed by atoms with Crippen LogP contribution in [0, 0.1) is 11.3 Å². The molecule has 7 nitrogen and oxygen atoms in total. The number of hydrogen-bond acceptors (Lipinski definition) is 5. The van der Waals surface area contributed by atoms with E-state index < -0.39 is 0 Å². The van der Waals surface area contributed by atoms with Gasteiger partial charge in [0.2, 0.25) is 5.89 Å². The fourth-order valence-corrected chi connectivity index (χ4v) is 3.59. The summed E-state index contributed by atoms with van der Waals surface area (Å²) < 4.78 is 11.4. The van der Waals surface area contributed by atoms with Crippen molar-refractivity contribution in [2.75, 3.05) is 26.2 Å². The molecule has 0 saturated carbocycles. The van der Waals surface area contributed by atoms with Crippen LogP contribution in [-0.4, -0.2) is 48.4 Å². The third-order valence-electron chi connectivity index (χ3n) is 4.99. The maximum absolute atomic E-state index is 6.08. The lowest BCUT2D eigenvalue weighted by Gasteiger charge is -2.39. The van der Waals surface area contributed by atoms with E-state index in [1.165, 1.54) is 6.42 Å². The molecule has 1 aromatic heterocycles. The van der Waals surface area contributed by atoms with Gasteiger partial charge in [-0.05, 0) is 31.6 Å². The first kappa shape index (κ1) is 22.7. The summed E-state index contributed by atoms with van der Waals surface area (Å²) in [6.07, 6.45) is 4.26. The molecule has 0 spiro atoms. The molecule has 2 unspecified atom stereocenters. The Hall–Kier alpha value is -1.63. The SMILES string of the molecule is CCNC(=NCC1CCCOC1C(C)(C)C)NCCCc1nc(C(C)C)no1. The van der Waals surface area contributed by atoms with Gasteiger partial charge in [-0.15, -0.1) is 0 Å². The summed E-state index contributed by atoms with van der Waals surface area (Å²) in [5, 5.41) is 10.8. The predicted octanol–water partition coefficient (Wildman–Crippen LogP) is 3.52. The Morgan fingerprint density at radius 2 is 2.07 bits per heavy atom. The van der Waals surface area contributed by atoms with Crippen LogP contribution in [0.15, 0.2) is 9.52 Å². The highest BCUT2D eigenvalue weighted by molar-refractivity contribution is 5.79. The summed E-state index contributed by atoms with van der Waals surface area (Å²) in [4.78, 5) is 9.26. The van der Waals surface area contributed by atoms with Crippen molar-refractivity contribution in [3.8, 4) is 0 Å². The molecular formula is C21H39N5O2. The summed E-state index contributed by atoms with van der Waals surface area (Å²) >= 11 is 0. The minimum absolute atomic E-state index is 0.144. The molecule has 7 heteroatoms. The molecule has 0 bridgehead atoms. The smallest absolute Gasteiger partial charge is 0.226 e. The van der Waals surface area contributed by atoms with Gasteiger partial charge in [0.05, 0.1) is 6.10 Å². The van der Waals surface area contributed by atoms with Crippen LogP contribution in [0.4, 0.5) is 0 Å². The zero-order chi connectivity index (χ0) is 20.6. The third-order valence-corrected chi connectivity index (χ3v) is 4.99. The van der Waals surface area contributed by atoms with E-state index in [9.17, 15) is 0 Å². The van der Waals surface area contributed by atoms with Crippen molar-refractivity contribution in [3.63, 3.8) is 0 Å². The number of aryl methyl sites for hydroxylation is 1. The largest absolute Gasteiger partial charge is 0.377 e. The Labute approximate surface area is 170 Å². The minimum atomic E-state index is 0.144. The van der Waals surface area contributed by atoms with Gasteiger partial charge >= 0.3 is 0 Å². The van der Waals surface area contributed by atoms with Crippen LogP contribution < -0.4 is 10.6 Å². The Morgan fingerprint density at radius 1 is 1.29 bits per heavy atom. The van der Waals surface area contributed by atoms with Crippen molar-refractivity contribution in [2.24, 2.45) is 16.3 Å². The molecule has 1 aromatic rings. The minimum Gasteiger partial charge on any atom is -0.377 e. The van der Waals surface area contributed by atoms with Crippen LogP contribution in [0.2, 0.25) is 0 Å². The number of nitrogens with zero attached hydrogens (tertiary/aromatic N) is 3. The lowest BCUT2D eigenvalue weighted by Crippen LogP contribution is -2.43. The number of hydrogen-bond donors (Lipinski definition) is 2. The third kappa shape index (κ3) is 7.08. The van der Waals surface area contributed by atoms with E-state index in [0.717, 1.165) is 57.3 Å². The monoisotopic (exact) mass is 393 g/mol. The van der Waals surface area contributed by atoms with Crippen molar-refractivity contribution in [1.82, 2.24) is 20.8 Å². The maximum atomic E-state index is 6.08. The van der Waals surface area contributed by atoms with E-state index in [0.29, 0.717) is 17.7 Å². The van der Waals surface area contributed by atoms with E-state index in [1.807, 2.05) is 0 Å². The van der Waals surface area contributed by atoms with Crippen molar-refractivity contribution in [1.29, 1.82) is 0 Å². The molecular weight excluding hydrogens is 354 g/mol. The van der Waals surface area contributed by atoms with Gasteiger partial charge in [-0.1, -0.05) is 39.8 Å². The standard InChI is InChI=1S/C21H39N5O2/c1-7-22-20(23-12-8-11-17-25-19(15(2)3)26-28-17)24-14-16-10-9-13-27-18(16)21(4,5)6/h15-16,18H,7-14H2,1-6H3,(H2,22,23,24). The maximum Gasteiger partial charge on any atom is 0.226 e. The highest BCUT2D eigenvalue weighted by Gasteiger charge is 2.35. The molecule has 1 aliphatic rings. The molecule has 2 N–H and O–H groups in total. The van der Waals surface area contributed by atoms with E-state index >= 15 is 0 Å². The zero-order valence-electron chi connectivity index (χ0n) is 18.5. The normalized spacial score (nSPS) is 21.2. The number of aromatic nitrogens is 2. The molecule has 0 aromatic carbocycles. The van der Waals surface area contributed by atoms with E-state index in [2.05, 4.69) is 62.3 Å². The van der Waals surface area contributed by atoms with Gasteiger partial charge in [0, 0.05) is 44.5 Å². The van der Waals surface area contributed by atoms with Gasteiger partial charge in [0.25, 0.3) is 0 Å². The Kier molecular flexibility index (Phi) is 8.73. The van der Waals surface area contributed by atoms with Crippen molar-refractivity contribution < 1.29 is 9.26 Å². The lowest BCUT2D eigenvalue weighted by molar-refractivity contribution is -0.0823. The average Bonchev–Trinajstić information content (AvgIpc) is 3.12. The highest BCUT2D eigenvalue weighted by atomic mass is 16.5. The molecule has 0 amide bonds. The molecule has 2 heterocycles. The molecule has 1 fully saturated rings. The van der Waals surface area contributed by atoms with Crippen LogP contribution in [0.3, 0.4) is 0 Å². The number of nitrogens with one attached hydrogen (secondary N) is 2. The number of ether oxygens (including phenoxy) is 1. The second-order valence-corrected chi connectivity index (χ2v) is 9.01. The summed E-state index contributed by atoms with van der Waals surface area (Å²) in [5.74, 6) is 3.12. The Balaban J connectivity index is 1.82. The summed E-state index contributed by atoms with van der Waals surface area (Å²) in [6.45, 7) is 16.3. The van der Waals surface area contributed by atoms with Gasteiger partial charge < -0.3 is 19.9 Å². The fraction of sp³-hybridized carbons (Fsp3) is 0.857. The molecule has 2 atom stereocenters. The zero-order valence-corrected chi connectivity index (χ0v) is 18.5. The van der Waals surface area contributed by atoms with Crippen LogP contribution in [0.5, 0.6) is 0 Å². The number of rotatable bonds is 8. The second kappa shape index (κ2) is 10.8. The van der Waals surface area contributed by atoms with Crippen molar-refractivity contribution in [3.05, 3.63) is 11.7 Å². The van der Waals surface area contributed by atoms with Crippen LogP contribution in [0.1, 0.15) is 78.4 Å². The average molecular weight is 394 g/mol. The second-order valence-electron chi connectivity index (χ2n) is 9.01. The van der Waals surface area contributed by atoms with Gasteiger partial charge in [-0.3, -0.25) is 4.99 Å². The first-order valence-electron chi connectivity index (χ1n) is 10.8. The fourth-order valence-electron chi connectivity index (χ4n) is 3.59. The predicted molar refractivity (Wildman–Crippen MR) is 113 cm³/mol. The van der Waals surface area contributed by atoms with Gasteiger partial charge in [0.1, 0.15) is 0 Å². The molecule has 1 aliphatic heterocycles. The molecule has 1 saturated heterocycles. The van der Waals surface area contributed by atoms with E-state index in [4.69, 9.17) is 14.3 Å². The van der Waals surface area contributed by atoms with Crippen molar-refractivity contribution in [2.45, 2.75) is 79.2 Å². The quantitative estimate of drug-likeness (QED) is 0.399. The first-order valence-corrected chi connectivity index (χ1v) is 10.8. The molecule has 0 aliphatic carbocycles.